The van der Waals surface area contributed by atoms with E-state index in [4.69, 9.17) is 0 Å². The van der Waals surface area contributed by atoms with Gasteiger partial charge in [-0.3, -0.25) is 9.69 Å². The Morgan fingerprint density at radius 2 is 1.59 bits per heavy atom. The number of carbonyl (C=O) groups is 2. The second-order valence-corrected chi connectivity index (χ2v) is 7.28. The Labute approximate surface area is 158 Å². The average Bonchev–Trinajstić information content (AvgIpc) is 2.91. The maximum Gasteiger partial charge on any atom is 0.325 e. The Kier molecular flexibility index (Phi) is 4.40. The molecule has 0 aromatic heterocycles. The summed E-state index contributed by atoms with van der Waals surface area (Å²) in [6.45, 7) is 2.10. The molecule has 4 heteroatoms. The molecule has 3 aromatic rings. The highest BCUT2D eigenvalue weighted by atomic mass is 16.2. The number of rotatable bonds is 5. The first-order chi connectivity index (χ1) is 13.1. The largest absolute Gasteiger partial charge is 0.325 e. The van der Waals surface area contributed by atoms with Crippen molar-refractivity contribution < 1.29 is 9.59 Å². The van der Waals surface area contributed by atoms with Gasteiger partial charge in [-0.1, -0.05) is 72.8 Å². The maximum atomic E-state index is 13.0. The second kappa shape index (κ2) is 6.88. The monoisotopic (exact) mass is 358 g/mol. The van der Waals surface area contributed by atoms with Crippen LogP contribution in [0.4, 0.5) is 4.79 Å². The number of nitrogens with zero attached hydrogens (tertiary/aromatic N) is 1. The normalized spacial score (nSPS) is 19.5. The van der Waals surface area contributed by atoms with E-state index in [0.717, 1.165) is 28.3 Å². The van der Waals surface area contributed by atoms with Gasteiger partial charge in [0, 0.05) is 0 Å². The topological polar surface area (TPSA) is 49.4 Å². The van der Waals surface area contributed by atoms with Crippen molar-refractivity contribution in [1.82, 2.24) is 10.2 Å². The zero-order valence-electron chi connectivity index (χ0n) is 15.3. The first kappa shape index (κ1) is 17.3. The molecule has 1 atom stereocenters. The minimum Gasteiger partial charge on any atom is -0.323 e. The number of nitrogens with one attached hydrogen (secondary N) is 1. The van der Waals surface area contributed by atoms with Crippen LogP contribution in [0.1, 0.15) is 24.5 Å². The summed E-state index contributed by atoms with van der Waals surface area (Å²) in [5.74, 6) is -0.156. The van der Waals surface area contributed by atoms with Crippen molar-refractivity contribution in [2.75, 3.05) is 0 Å². The average molecular weight is 358 g/mol. The molecule has 1 aliphatic heterocycles. The van der Waals surface area contributed by atoms with Crippen LogP contribution in [0.25, 0.3) is 10.8 Å². The Bertz CT molecular complexity index is 994. The molecule has 0 aliphatic carbocycles. The van der Waals surface area contributed by atoms with Crippen molar-refractivity contribution in [2.24, 2.45) is 0 Å². The molecule has 1 saturated heterocycles. The maximum absolute atomic E-state index is 13.0. The summed E-state index contributed by atoms with van der Waals surface area (Å²) in [5, 5.41) is 5.08. The second-order valence-electron chi connectivity index (χ2n) is 7.28. The van der Waals surface area contributed by atoms with Gasteiger partial charge in [-0.15, -0.1) is 0 Å². The Hall–Kier alpha value is -3.14. The number of benzene rings is 3. The number of fused-ring (bicyclic) bond motifs is 1. The lowest BCUT2D eigenvalue weighted by Crippen LogP contribution is -2.44. The van der Waals surface area contributed by atoms with Gasteiger partial charge in [0.2, 0.25) is 0 Å². The number of hydrogen-bond acceptors (Lipinski definition) is 2. The summed E-state index contributed by atoms with van der Waals surface area (Å²) in [6, 6.07) is 23.7. The first-order valence-electron chi connectivity index (χ1n) is 9.21. The standard InChI is InChI=1S/C23H22N2O2/c1-23(15-14-17-8-3-2-4-9-17)21(26)25(22(27)24-23)16-19-12-7-11-18-10-5-6-13-20(18)19/h2-13H,14-16H2,1H3,(H,24,27). The van der Waals surface area contributed by atoms with Gasteiger partial charge in [0.25, 0.3) is 5.91 Å². The molecule has 27 heavy (non-hydrogen) atoms. The molecule has 3 amide bonds. The van der Waals surface area contributed by atoms with E-state index < -0.39 is 5.54 Å². The van der Waals surface area contributed by atoms with Gasteiger partial charge in [0.1, 0.15) is 5.54 Å². The minimum atomic E-state index is -0.864. The van der Waals surface area contributed by atoms with Crippen molar-refractivity contribution in [3.05, 3.63) is 83.9 Å². The number of aryl methyl sites for hydroxylation is 1. The highest BCUT2D eigenvalue weighted by Gasteiger charge is 2.47. The van der Waals surface area contributed by atoms with Crippen LogP contribution in [0.5, 0.6) is 0 Å². The highest BCUT2D eigenvalue weighted by molar-refractivity contribution is 6.07. The van der Waals surface area contributed by atoms with E-state index in [1.54, 1.807) is 0 Å². The van der Waals surface area contributed by atoms with E-state index in [-0.39, 0.29) is 18.5 Å². The fraction of sp³-hybridized carbons (Fsp3) is 0.217. The molecule has 4 rings (SSSR count). The van der Waals surface area contributed by atoms with Crippen LogP contribution in [0.15, 0.2) is 72.8 Å². The number of carbonyl (C=O) groups excluding carboxylic acids is 2. The molecule has 0 saturated carbocycles. The molecule has 0 spiro atoms. The van der Waals surface area contributed by atoms with Gasteiger partial charge in [-0.05, 0) is 41.7 Å². The molecule has 3 aromatic carbocycles. The van der Waals surface area contributed by atoms with Crippen LogP contribution in [0.3, 0.4) is 0 Å². The van der Waals surface area contributed by atoms with E-state index in [1.165, 1.54) is 4.90 Å². The van der Waals surface area contributed by atoms with Crippen LogP contribution in [0.2, 0.25) is 0 Å². The van der Waals surface area contributed by atoms with Gasteiger partial charge in [0.15, 0.2) is 0 Å². The van der Waals surface area contributed by atoms with E-state index in [2.05, 4.69) is 5.32 Å². The third-order valence-electron chi connectivity index (χ3n) is 5.31. The number of imide groups is 1. The van der Waals surface area contributed by atoms with Crippen molar-refractivity contribution in [3.8, 4) is 0 Å². The molecule has 1 aliphatic rings. The smallest absolute Gasteiger partial charge is 0.323 e. The van der Waals surface area contributed by atoms with Crippen LogP contribution in [0, 0.1) is 0 Å². The molecule has 1 fully saturated rings. The summed E-state index contributed by atoms with van der Waals surface area (Å²) < 4.78 is 0. The van der Waals surface area contributed by atoms with Crippen molar-refractivity contribution in [3.63, 3.8) is 0 Å². The molecule has 1 unspecified atom stereocenters. The fourth-order valence-corrected chi connectivity index (χ4v) is 3.70. The Morgan fingerprint density at radius 1 is 0.889 bits per heavy atom. The summed E-state index contributed by atoms with van der Waals surface area (Å²) in [4.78, 5) is 26.9. The molecular weight excluding hydrogens is 336 g/mol. The lowest BCUT2D eigenvalue weighted by molar-refractivity contribution is -0.131. The first-order valence-corrected chi connectivity index (χ1v) is 9.21. The SMILES string of the molecule is CC1(CCc2ccccc2)NC(=O)N(Cc2cccc3ccccc23)C1=O. The quantitative estimate of drug-likeness (QED) is 0.692. The van der Waals surface area contributed by atoms with Gasteiger partial charge >= 0.3 is 6.03 Å². The van der Waals surface area contributed by atoms with E-state index in [9.17, 15) is 9.59 Å². The number of amides is 3. The van der Waals surface area contributed by atoms with Crippen molar-refractivity contribution in [2.45, 2.75) is 31.8 Å². The summed E-state index contributed by atoms with van der Waals surface area (Å²) in [7, 11) is 0. The van der Waals surface area contributed by atoms with Crippen LogP contribution < -0.4 is 5.32 Å². The van der Waals surface area contributed by atoms with E-state index >= 15 is 0 Å². The van der Waals surface area contributed by atoms with Gasteiger partial charge in [-0.25, -0.2) is 4.79 Å². The van der Waals surface area contributed by atoms with Gasteiger partial charge in [0.05, 0.1) is 6.54 Å². The Balaban J connectivity index is 1.54. The molecule has 1 N–H and O–H groups in total. The predicted octanol–water partition coefficient (Wildman–Crippen LogP) is 4.28. The summed E-state index contributed by atoms with van der Waals surface area (Å²) >= 11 is 0. The number of hydrogen-bond donors (Lipinski definition) is 1. The van der Waals surface area contributed by atoms with Crippen molar-refractivity contribution >= 4 is 22.7 Å². The summed E-state index contributed by atoms with van der Waals surface area (Å²) in [5.41, 5.74) is 1.27. The highest BCUT2D eigenvalue weighted by Crippen LogP contribution is 2.27. The third-order valence-corrected chi connectivity index (χ3v) is 5.31. The Morgan fingerprint density at radius 3 is 2.41 bits per heavy atom. The zero-order valence-corrected chi connectivity index (χ0v) is 15.3. The van der Waals surface area contributed by atoms with Crippen molar-refractivity contribution in [1.29, 1.82) is 0 Å². The summed E-state index contributed by atoms with van der Waals surface area (Å²) in [6.07, 6.45) is 1.32. The molecule has 136 valence electrons. The van der Waals surface area contributed by atoms with Crippen LogP contribution in [-0.4, -0.2) is 22.4 Å². The zero-order chi connectivity index (χ0) is 18.9. The lowest BCUT2D eigenvalue weighted by atomic mass is 9.93. The molecular formula is C23H22N2O2. The van der Waals surface area contributed by atoms with E-state index in [1.807, 2.05) is 79.7 Å². The fourth-order valence-electron chi connectivity index (χ4n) is 3.70. The lowest BCUT2D eigenvalue weighted by Gasteiger charge is -2.22. The minimum absolute atomic E-state index is 0.156. The molecule has 0 radical (unpaired) electrons. The van der Waals surface area contributed by atoms with E-state index in [0.29, 0.717) is 6.42 Å². The third kappa shape index (κ3) is 3.31. The van der Waals surface area contributed by atoms with Gasteiger partial charge in [-0.2, -0.15) is 0 Å². The molecule has 0 bridgehead atoms. The van der Waals surface area contributed by atoms with Crippen LogP contribution in [-0.2, 0) is 17.8 Å². The predicted molar refractivity (Wildman–Crippen MR) is 106 cm³/mol. The molecule has 4 nitrogen and oxygen atoms in total. The van der Waals surface area contributed by atoms with Crippen LogP contribution >= 0.6 is 0 Å². The number of urea groups is 1. The molecule has 1 heterocycles. The van der Waals surface area contributed by atoms with Gasteiger partial charge < -0.3 is 5.32 Å².